The second-order valence-electron chi connectivity index (χ2n) is 9.31. The zero-order valence-corrected chi connectivity index (χ0v) is 19.5. The first-order valence-electron chi connectivity index (χ1n) is 11.4. The molecule has 184 valence electrons. The summed E-state index contributed by atoms with van der Waals surface area (Å²) in [6, 6.07) is -0.902. The lowest BCUT2D eigenvalue weighted by Gasteiger charge is -2.48. The lowest BCUT2D eigenvalue weighted by Crippen LogP contribution is -2.70. The van der Waals surface area contributed by atoms with E-state index in [0.29, 0.717) is 30.8 Å². The van der Waals surface area contributed by atoms with E-state index in [2.05, 4.69) is 33.6 Å². The summed E-state index contributed by atoms with van der Waals surface area (Å²) in [6.45, 7) is -1.00. The average Bonchev–Trinajstić information content (AvgIpc) is 3.27. The first-order valence-corrected chi connectivity index (χ1v) is 11.9. The standard InChI is InChI=1S/C22H30N6O5S/c23-18(21(32)26-12(9-29)10-30)28-20(31)15-8-25-19-14(2-4-24-19)17(15)27-16-1-3-22(33)6-11(16)5-13(34)7-22/h2,4,8,11-13,16,29-30,33-34H,1,3,5-7,9-10H2,(H,26,32)(H2,23,28,31)(H2,24,25,27)/p+1/t11-,13?,16-,22+/m0/s1. The van der Waals surface area contributed by atoms with Crippen molar-refractivity contribution in [3.05, 3.63) is 23.5 Å². The van der Waals surface area contributed by atoms with Crippen LogP contribution >= 0.6 is 12.6 Å². The van der Waals surface area contributed by atoms with Gasteiger partial charge in [-0.25, -0.2) is 4.98 Å². The number of fused-ring (bicyclic) bond motifs is 3. The number of quaternary nitrogens is 1. The van der Waals surface area contributed by atoms with Gasteiger partial charge in [-0.3, -0.25) is 20.3 Å². The van der Waals surface area contributed by atoms with Gasteiger partial charge in [0, 0.05) is 23.6 Å². The largest absolute Gasteiger partial charge is 0.394 e. The number of rotatable bonds is 6. The third kappa shape index (κ3) is 5.10. The molecular formula is C22H31N6O5S+. The van der Waals surface area contributed by atoms with Gasteiger partial charge in [0.2, 0.25) is 5.82 Å². The van der Waals surface area contributed by atoms with E-state index in [1.54, 1.807) is 0 Å². The van der Waals surface area contributed by atoms with Gasteiger partial charge in [-0.15, -0.1) is 0 Å². The maximum absolute atomic E-state index is 13.1. The molecule has 3 aliphatic rings. The predicted octanol–water partition coefficient (Wildman–Crippen LogP) is -1.16. The quantitative estimate of drug-likeness (QED) is 0.136. The van der Waals surface area contributed by atoms with Crippen LogP contribution in [0.15, 0.2) is 12.4 Å². The highest BCUT2D eigenvalue weighted by molar-refractivity contribution is 7.80. The molecule has 2 saturated carbocycles. The number of pyridine rings is 1. The zero-order valence-electron chi connectivity index (χ0n) is 18.6. The highest BCUT2D eigenvalue weighted by Gasteiger charge is 2.45. The van der Waals surface area contributed by atoms with Gasteiger partial charge >= 0.3 is 0 Å². The van der Waals surface area contributed by atoms with Crippen LogP contribution in [0.3, 0.4) is 0 Å². The molecule has 1 unspecified atom stereocenters. The van der Waals surface area contributed by atoms with Gasteiger partial charge in [-0.05, 0) is 38.0 Å². The monoisotopic (exact) mass is 491 g/mol. The van der Waals surface area contributed by atoms with Crippen molar-refractivity contribution in [1.29, 1.82) is 5.41 Å². The van der Waals surface area contributed by atoms with Crippen LogP contribution in [0, 0.1) is 11.3 Å². The summed E-state index contributed by atoms with van der Waals surface area (Å²) in [7, 11) is 0. The molecule has 1 aromatic heterocycles. The van der Waals surface area contributed by atoms with Crippen LogP contribution in [0.2, 0.25) is 0 Å². The summed E-state index contributed by atoms with van der Waals surface area (Å²) in [6.07, 6.45) is 8.74. The van der Waals surface area contributed by atoms with Crippen LogP contribution < -0.4 is 21.3 Å². The van der Waals surface area contributed by atoms with E-state index in [0.717, 1.165) is 18.4 Å². The Balaban J connectivity index is 1.54. The number of hydrogen-bond acceptors (Lipinski definition) is 9. The normalized spacial score (nSPS) is 27.3. The molecular weight excluding hydrogens is 460 g/mol. The molecule has 4 rings (SSSR count). The molecule has 2 fully saturated rings. The Labute approximate surface area is 202 Å². The number of aliphatic hydroxyl groups excluding tert-OH is 2. The minimum absolute atomic E-state index is 0.0277. The number of carbonyl (C=O) groups excluding carboxylic acids is 2. The van der Waals surface area contributed by atoms with E-state index < -0.39 is 42.5 Å². The minimum Gasteiger partial charge on any atom is -0.394 e. The summed E-state index contributed by atoms with van der Waals surface area (Å²) in [5, 5.41) is 47.0. The first kappa shape index (κ1) is 24.6. The molecule has 4 atom stereocenters. The summed E-state index contributed by atoms with van der Waals surface area (Å²) in [5.74, 6) is -1.40. The van der Waals surface area contributed by atoms with Gasteiger partial charge in [0.25, 0.3) is 11.8 Å². The molecule has 2 aliphatic carbocycles. The summed E-state index contributed by atoms with van der Waals surface area (Å²) in [5.41, 5.74) is 0.825. The van der Waals surface area contributed by atoms with E-state index in [4.69, 9.17) is 15.6 Å². The van der Waals surface area contributed by atoms with Crippen molar-refractivity contribution in [2.45, 2.75) is 55.0 Å². The van der Waals surface area contributed by atoms with Gasteiger partial charge in [0.1, 0.15) is 0 Å². The maximum Gasteiger partial charge on any atom is 0.286 e. The SMILES string of the molecule is N=C(NC(=O)c1cnc2c(c1N[C@H]1CC[C@]3(O)CC(S)C[C@H]1C3)C=C[NH2+]2)C(=O)NC(CO)CO. The van der Waals surface area contributed by atoms with Crippen LogP contribution in [0.25, 0.3) is 6.08 Å². The fraction of sp³-hybridized carbons (Fsp3) is 0.545. The molecule has 0 saturated heterocycles. The zero-order chi connectivity index (χ0) is 24.5. The van der Waals surface area contributed by atoms with Crippen LogP contribution in [0.5, 0.6) is 0 Å². The molecule has 0 spiro atoms. The maximum atomic E-state index is 13.1. The van der Waals surface area contributed by atoms with Crippen molar-refractivity contribution < 1.29 is 30.2 Å². The first-order chi connectivity index (χ1) is 16.2. The Morgan fingerprint density at radius 3 is 2.82 bits per heavy atom. The number of nitrogens with one attached hydrogen (secondary N) is 4. The summed E-state index contributed by atoms with van der Waals surface area (Å²) < 4.78 is 0. The number of amides is 2. The number of carbonyl (C=O) groups is 2. The number of amidine groups is 1. The minimum atomic E-state index is -0.930. The fourth-order valence-corrected chi connectivity index (χ4v) is 5.73. The molecule has 1 aromatic rings. The summed E-state index contributed by atoms with van der Waals surface area (Å²) in [4.78, 5) is 29.6. The number of nitrogens with zero attached hydrogens (tertiary/aromatic N) is 1. The predicted molar refractivity (Wildman–Crippen MR) is 128 cm³/mol. The molecule has 0 radical (unpaired) electrons. The molecule has 9 N–H and O–H groups in total. The highest BCUT2D eigenvalue weighted by atomic mass is 32.1. The molecule has 0 aromatic carbocycles. The molecule has 34 heavy (non-hydrogen) atoms. The van der Waals surface area contributed by atoms with Crippen molar-refractivity contribution in [3.63, 3.8) is 0 Å². The molecule has 2 amide bonds. The lowest BCUT2D eigenvalue weighted by atomic mass is 9.66. The summed E-state index contributed by atoms with van der Waals surface area (Å²) >= 11 is 4.63. The smallest absolute Gasteiger partial charge is 0.286 e. The van der Waals surface area contributed by atoms with Crippen LogP contribution in [-0.2, 0) is 4.79 Å². The molecule has 12 heteroatoms. The van der Waals surface area contributed by atoms with E-state index in [1.807, 2.05) is 17.6 Å². The Bertz CT molecular complexity index is 1020. The van der Waals surface area contributed by atoms with Crippen molar-refractivity contribution in [2.75, 3.05) is 18.5 Å². The number of aromatic nitrogens is 1. The molecule has 2 bridgehead atoms. The van der Waals surface area contributed by atoms with Crippen LogP contribution in [-0.4, -0.2) is 74.1 Å². The lowest BCUT2D eigenvalue weighted by molar-refractivity contribution is -0.495. The molecule has 11 nitrogen and oxygen atoms in total. The second kappa shape index (κ2) is 10.0. The molecule has 2 heterocycles. The van der Waals surface area contributed by atoms with Gasteiger partial charge in [-0.1, -0.05) is 0 Å². The number of anilines is 1. The van der Waals surface area contributed by atoms with Crippen molar-refractivity contribution in [1.82, 2.24) is 15.6 Å². The third-order valence-electron chi connectivity index (χ3n) is 6.80. The number of nitrogens with two attached hydrogens (primary N) is 1. The Morgan fingerprint density at radius 1 is 1.32 bits per heavy atom. The van der Waals surface area contributed by atoms with Crippen molar-refractivity contribution in [2.24, 2.45) is 5.92 Å². The van der Waals surface area contributed by atoms with E-state index >= 15 is 0 Å². The topological polar surface area (TPSA) is 184 Å². The van der Waals surface area contributed by atoms with Gasteiger partial charge in [0.05, 0.1) is 47.9 Å². The number of thiol groups is 1. The van der Waals surface area contributed by atoms with Gasteiger partial charge in [-0.2, -0.15) is 12.6 Å². The second-order valence-corrected chi connectivity index (χ2v) is 10.0. The van der Waals surface area contributed by atoms with Crippen LogP contribution in [0.4, 0.5) is 11.5 Å². The third-order valence-corrected chi connectivity index (χ3v) is 7.20. The average molecular weight is 492 g/mol. The van der Waals surface area contributed by atoms with Gasteiger partial charge < -0.3 is 31.3 Å². The van der Waals surface area contributed by atoms with Gasteiger partial charge in [0.15, 0.2) is 5.84 Å². The van der Waals surface area contributed by atoms with E-state index in [-0.39, 0.29) is 22.8 Å². The molecule has 1 aliphatic heterocycles. The Hall–Kier alpha value is -2.51. The van der Waals surface area contributed by atoms with Crippen molar-refractivity contribution >= 4 is 47.9 Å². The number of aliphatic hydroxyl groups is 3. The van der Waals surface area contributed by atoms with Crippen LogP contribution in [0.1, 0.15) is 48.0 Å². The van der Waals surface area contributed by atoms with E-state index in [1.165, 1.54) is 6.20 Å². The van der Waals surface area contributed by atoms with E-state index in [9.17, 15) is 14.7 Å². The Morgan fingerprint density at radius 2 is 2.09 bits per heavy atom. The Kier molecular flexibility index (Phi) is 7.24. The highest BCUT2D eigenvalue weighted by Crippen LogP contribution is 2.46. The van der Waals surface area contributed by atoms with Crippen molar-refractivity contribution in [3.8, 4) is 0 Å². The number of hydrogen-bond donors (Lipinski definition) is 9. The fourth-order valence-electron chi connectivity index (χ4n) is 5.12.